The largest absolute Gasteiger partial charge is 0.351 e. The van der Waals surface area contributed by atoms with Crippen molar-refractivity contribution in [2.75, 3.05) is 39.3 Å². The molecule has 0 spiro atoms. The molecule has 1 unspecified atom stereocenters. The Morgan fingerprint density at radius 3 is 2.41 bits per heavy atom. The summed E-state index contributed by atoms with van der Waals surface area (Å²) in [6.45, 7) is 3.93. The predicted molar refractivity (Wildman–Crippen MR) is 159 cm³/mol. The molecule has 2 fully saturated rings. The summed E-state index contributed by atoms with van der Waals surface area (Å²) in [6.07, 6.45) is 5.63. The van der Waals surface area contributed by atoms with Gasteiger partial charge in [0.2, 0.25) is 5.91 Å². The zero-order valence-electron chi connectivity index (χ0n) is 22.7. The Bertz CT molecular complexity index is 1290. The number of hydrogen-bond acceptors (Lipinski definition) is 6. The molecule has 11 nitrogen and oxygen atoms in total. The van der Waals surface area contributed by atoms with E-state index in [1.165, 1.54) is 16.7 Å². The average molecular weight is 646 g/mol. The maximum atomic E-state index is 13.2. The van der Waals surface area contributed by atoms with Crippen LogP contribution in [0, 0.1) is 11.3 Å². The molecule has 2 aromatic rings. The van der Waals surface area contributed by atoms with Gasteiger partial charge in [0.05, 0.1) is 11.7 Å². The highest BCUT2D eigenvalue weighted by Crippen LogP contribution is 2.38. The van der Waals surface area contributed by atoms with Gasteiger partial charge in [-0.05, 0) is 82.4 Å². The second-order valence-corrected chi connectivity index (χ2v) is 12.1. The summed E-state index contributed by atoms with van der Waals surface area (Å²) in [7, 11) is 0. The van der Waals surface area contributed by atoms with Crippen LogP contribution >= 0.6 is 27.5 Å². The van der Waals surface area contributed by atoms with Gasteiger partial charge in [-0.1, -0.05) is 17.7 Å². The summed E-state index contributed by atoms with van der Waals surface area (Å²) < 4.78 is 0.974. The number of aromatic nitrogens is 1. The second-order valence-electron chi connectivity index (χ2n) is 10.8. The van der Waals surface area contributed by atoms with Crippen LogP contribution < -0.4 is 16.4 Å². The highest BCUT2D eigenvalue weighted by Gasteiger charge is 2.34. The normalized spacial score (nSPS) is 19.5. The Balaban J connectivity index is 1.17. The Kier molecular flexibility index (Phi) is 9.10. The number of likely N-dealkylation sites (tertiary alicyclic amines) is 1. The number of imide groups is 1. The summed E-state index contributed by atoms with van der Waals surface area (Å²) in [5, 5.41) is 13.0. The number of nitrogens with zero attached hydrogens (tertiary/aromatic N) is 4. The molecule has 3 heterocycles. The van der Waals surface area contributed by atoms with E-state index < -0.39 is 12.1 Å². The van der Waals surface area contributed by atoms with Crippen molar-refractivity contribution in [3.8, 4) is 0 Å². The lowest BCUT2D eigenvalue weighted by molar-refractivity contribution is -0.134. The number of carbonyl (C=O) groups excluding carboxylic acids is 3. The van der Waals surface area contributed by atoms with Gasteiger partial charge in [-0.3, -0.25) is 30.7 Å². The monoisotopic (exact) mass is 644 g/mol. The first kappa shape index (κ1) is 29.3. The van der Waals surface area contributed by atoms with Crippen LogP contribution in [-0.2, 0) is 17.6 Å². The third-order valence-electron chi connectivity index (χ3n) is 8.19. The quantitative estimate of drug-likeness (QED) is 0.298. The molecule has 41 heavy (non-hydrogen) atoms. The zero-order valence-corrected chi connectivity index (χ0v) is 25.0. The van der Waals surface area contributed by atoms with Gasteiger partial charge in [0.15, 0.2) is 5.96 Å². The number of urea groups is 2. The number of halogens is 2. The predicted octanol–water partition coefficient (Wildman–Crippen LogP) is 3.24. The molecule has 2 saturated heterocycles. The first-order valence-electron chi connectivity index (χ1n) is 13.8. The van der Waals surface area contributed by atoms with E-state index in [2.05, 4.69) is 44.3 Å². The topological polar surface area (TPSA) is 148 Å². The fourth-order valence-corrected chi connectivity index (χ4v) is 6.65. The Morgan fingerprint density at radius 1 is 1.00 bits per heavy atom. The summed E-state index contributed by atoms with van der Waals surface area (Å²) in [5.74, 6) is 0.292. The number of rotatable bonds is 3. The lowest BCUT2D eigenvalue weighted by atomic mass is 9.93. The van der Waals surface area contributed by atoms with Gasteiger partial charge in [-0.15, -0.1) is 0 Å². The maximum absolute atomic E-state index is 13.2. The van der Waals surface area contributed by atoms with Gasteiger partial charge in [-0.2, -0.15) is 0 Å². The SMILES string of the molecule is N=C(NC(=O)NC(N)=O)N1CCC(CC(=O)N2CCN(C3c4ccc(Cl)cc4CCc4cc(Br)cnc43)CC2)CC1. The first-order chi connectivity index (χ1) is 19.7. The third-order valence-corrected chi connectivity index (χ3v) is 8.85. The van der Waals surface area contributed by atoms with Crippen molar-refractivity contribution in [3.63, 3.8) is 0 Å². The molecule has 1 aromatic heterocycles. The average Bonchev–Trinajstić information content (AvgIpc) is 3.09. The molecule has 0 bridgehead atoms. The second kappa shape index (κ2) is 12.7. The van der Waals surface area contributed by atoms with Gasteiger partial charge >= 0.3 is 12.1 Å². The van der Waals surface area contributed by atoms with Crippen molar-refractivity contribution in [3.05, 3.63) is 62.3 Å². The van der Waals surface area contributed by atoms with Gasteiger partial charge in [0, 0.05) is 61.4 Å². The summed E-state index contributed by atoms with van der Waals surface area (Å²) >= 11 is 9.95. The van der Waals surface area contributed by atoms with Crippen molar-refractivity contribution in [2.45, 2.75) is 38.1 Å². The fourth-order valence-electron chi connectivity index (χ4n) is 6.08. The highest BCUT2D eigenvalue weighted by molar-refractivity contribution is 9.10. The summed E-state index contributed by atoms with van der Waals surface area (Å²) in [4.78, 5) is 46.7. The van der Waals surface area contributed by atoms with E-state index in [1.54, 1.807) is 4.90 Å². The van der Waals surface area contributed by atoms with Crippen molar-refractivity contribution >= 4 is 51.5 Å². The van der Waals surface area contributed by atoms with Crippen LogP contribution in [0.3, 0.4) is 0 Å². The van der Waals surface area contributed by atoms with Crippen LogP contribution in [0.25, 0.3) is 0 Å². The van der Waals surface area contributed by atoms with Crippen LogP contribution in [0.4, 0.5) is 9.59 Å². The number of nitrogens with two attached hydrogens (primary N) is 1. The molecule has 5 N–H and O–H groups in total. The number of primary amides is 1. The summed E-state index contributed by atoms with van der Waals surface area (Å²) in [5.41, 5.74) is 9.73. The van der Waals surface area contributed by atoms with Crippen LogP contribution in [0.15, 0.2) is 34.9 Å². The number of amides is 5. The molecule has 0 radical (unpaired) electrons. The van der Waals surface area contributed by atoms with Gasteiger partial charge < -0.3 is 15.5 Å². The zero-order chi connectivity index (χ0) is 29.1. The molecule has 1 aliphatic carbocycles. The van der Waals surface area contributed by atoms with Crippen LogP contribution in [0.1, 0.15) is 47.7 Å². The van der Waals surface area contributed by atoms with Crippen molar-refractivity contribution < 1.29 is 14.4 Å². The van der Waals surface area contributed by atoms with Crippen molar-refractivity contribution in [1.82, 2.24) is 30.3 Å². The molecule has 5 amide bonds. The molecule has 0 saturated carbocycles. The molecule has 5 rings (SSSR count). The third kappa shape index (κ3) is 6.99. The van der Waals surface area contributed by atoms with E-state index in [0.717, 1.165) is 54.0 Å². The van der Waals surface area contributed by atoms with Gasteiger partial charge in [0.25, 0.3) is 0 Å². The van der Waals surface area contributed by atoms with E-state index in [1.807, 2.05) is 22.5 Å². The Morgan fingerprint density at radius 2 is 1.71 bits per heavy atom. The number of pyridine rings is 1. The number of aryl methyl sites for hydroxylation is 2. The standard InChI is InChI=1S/C28H34BrClN8O3/c29-20-14-19-2-1-18-15-21(30)3-4-22(18)25(24(19)33-16-20)37-11-9-36(10-12-37)23(39)13-17-5-7-38(8-6-17)26(31)34-28(41)35-27(32)40/h3-4,14-17,25H,1-2,5-13H2,(H5,31,32,34,35,40,41). The van der Waals surface area contributed by atoms with E-state index in [0.29, 0.717) is 32.6 Å². The Labute approximate surface area is 252 Å². The lowest BCUT2D eigenvalue weighted by Gasteiger charge is -2.40. The molecule has 13 heteroatoms. The highest BCUT2D eigenvalue weighted by atomic mass is 79.9. The number of carbonyl (C=O) groups is 3. The molecular weight excluding hydrogens is 612 g/mol. The lowest BCUT2D eigenvalue weighted by Crippen LogP contribution is -2.52. The smallest absolute Gasteiger partial charge is 0.329 e. The van der Waals surface area contributed by atoms with E-state index >= 15 is 0 Å². The van der Waals surface area contributed by atoms with E-state index in [-0.39, 0.29) is 23.8 Å². The van der Waals surface area contributed by atoms with Crippen LogP contribution in [0.2, 0.25) is 5.02 Å². The molecular formula is C28H34BrClN8O3. The minimum absolute atomic E-state index is 0.0171. The van der Waals surface area contributed by atoms with E-state index in [4.69, 9.17) is 27.7 Å². The number of nitrogens with one attached hydrogen (secondary N) is 3. The Hall–Kier alpha value is -3.22. The van der Waals surface area contributed by atoms with E-state index in [9.17, 15) is 14.4 Å². The van der Waals surface area contributed by atoms with Gasteiger partial charge in [0.1, 0.15) is 0 Å². The minimum Gasteiger partial charge on any atom is -0.351 e. The number of piperazine rings is 1. The number of benzene rings is 1. The van der Waals surface area contributed by atoms with Crippen molar-refractivity contribution in [2.24, 2.45) is 11.7 Å². The van der Waals surface area contributed by atoms with Crippen LogP contribution in [-0.4, -0.2) is 82.9 Å². The first-order valence-corrected chi connectivity index (χ1v) is 15.0. The number of hydrogen-bond donors (Lipinski definition) is 4. The molecule has 3 aliphatic rings. The number of fused-ring (bicyclic) bond motifs is 2. The number of piperidine rings is 1. The molecule has 1 atom stereocenters. The minimum atomic E-state index is -0.980. The molecule has 2 aliphatic heterocycles. The van der Waals surface area contributed by atoms with Crippen molar-refractivity contribution in [1.29, 1.82) is 5.41 Å². The maximum Gasteiger partial charge on any atom is 0.329 e. The van der Waals surface area contributed by atoms with Gasteiger partial charge in [-0.25, -0.2) is 9.59 Å². The number of guanidine groups is 1. The molecule has 218 valence electrons. The van der Waals surface area contributed by atoms with Crippen LogP contribution in [0.5, 0.6) is 0 Å². The summed E-state index contributed by atoms with van der Waals surface area (Å²) in [6, 6.07) is 6.53. The molecule has 1 aromatic carbocycles. The fraction of sp³-hybridized carbons (Fsp3) is 0.464.